The van der Waals surface area contributed by atoms with E-state index < -0.39 is 10.0 Å². The van der Waals surface area contributed by atoms with Crippen LogP contribution in [0.1, 0.15) is 54.2 Å². The Bertz CT molecular complexity index is 1590. The van der Waals surface area contributed by atoms with E-state index in [-0.39, 0.29) is 29.2 Å². The maximum atomic E-state index is 13.3. The highest BCUT2D eigenvalue weighted by Gasteiger charge is 2.31. The minimum absolute atomic E-state index is 0.00935. The van der Waals surface area contributed by atoms with Crippen LogP contribution < -0.4 is 4.74 Å². The van der Waals surface area contributed by atoms with E-state index in [0.29, 0.717) is 48.6 Å². The summed E-state index contributed by atoms with van der Waals surface area (Å²) in [5.41, 5.74) is 2.47. The molecule has 1 aliphatic rings. The highest BCUT2D eigenvalue weighted by molar-refractivity contribution is 7.89. The van der Waals surface area contributed by atoms with Gasteiger partial charge in [-0.1, -0.05) is 30.3 Å². The van der Waals surface area contributed by atoms with Crippen LogP contribution >= 0.6 is 0 Å². The molecular formula is C30H31N3O5S. The number of sulfonamides is 1. The van der Waals surface area contributed by atoms with Gasteiger partial charge in [0.15, 0.2) is 0 Å². The number of ketones is 1. The molecule has 8 nitrogen and oxygen atoms in total. The number of ether oxygens (including phenoxy) is 1. The van der Waals surface area contributed by atoms with E-state index in [1.54, 1.807) is 47.0 Å². The lowest BCUT2D eigenvalue weighted by Gasteiger charge is -2.31. The van der Waals surface area contributed by atoms with E-state index in [1.807, 2.05) is 44.3 Å². The molecule has 0 aliphatic carbocycles. The third-order valence-electron chi connectivity index (χ3n) is 7.02. The molecule has 9 heteroatoms. The zero-order chi connectivity index (χ0) is 27.6. The fraction of sp³-hybridized carbons (Fsp3) is 0.300. The lowest BCUT2D eigenvalue weighted by atomic mass is 9.90. The van der Waals surface area contributed by atoms with Crippen LogP contribution in [0.15, 0.2) is 77.8 Å². The van der Waals surface area contributed by atoms with Crippen molar-refractivity contribution < 1.29 is 22.7 Å². The van der Waals surface area contributed by atoms with Crippen LogP contribution in [-0.2, 0) is 21.4 Å². The van der Waals surface area contributed by atoms with Crippen LogP contribution in [-0.4, -0.2) is 53.5 Å². The molecular weight excluding hydrogens is 514 g/mol. The van der Waals surface area contributed by atoms with Crippen LogP contribution in [0.2, 0.25) is 0 Å². The molecule has 0 bridgehead atoms. The van der Waals surface area contributed by atoms with Crippen LogP contribution in [0.5, 0.6) is 5.75 Å². The number of fused-ring (bicyclic) bond motifs is 1. The maximum absolute atomic E-state index is 13.3. The highest BCUT2D eigenvalue weighted by Crippen LogP contribution is 2.36. The molecule has 1 aliphatic heterocycles. The predicted molar refractivity (Wildman–Crippen MR) is 149 cm³/mol. The standard InChI is InChI=1S/C30H31N3O5S/c1-21(2)38-24-8-10-25(11-9-24)39(36,37)33-16-14-22(15-17-33)27-20-32(18-19-34)30-26(27)12-13-28(31-30)29(35)23-6-4-3-5-7-23/h3-13,19-22H,14-18H2,1-2H3. The van der Waals surface area contributed by atoms with Gasteiger partial charge in [0.05, 0.1) is 17.5 Å². The second kappa shape index (κ2) is 11.1. The summed E-state index contributed by atoms with van der Waals surface area (Å²) in [6, 6.07) is 19.1. The summed E-state index contributed by atoms with van der Waals surface area (Å²) >= 11 is 0. The normalized spacial score (nSPS) is 15.1. The number of carbonyl (C=O) groups excluding carboxylic acids is 2. The van der Waals surface area contributed by atoms with E-state index >= 15 is 0 Å². The van der Waals surface area contributed by atoms with Crippen molar-refractivity contribution >= 4 is 33.1 Å². The van der Waals surface area contributed by atoms with Crippen molar-refractivity contribution in [2.75, 3.05) is 13.1 Å². The Labute approximate surface area is 228 Å². The molecule has 0 N–H and O–H groups in total. The van der Waals surface area contributed by atoms with Gasteiger partial charge < -0.3 is 14.1 Å². The first-order valence-electron chi connectivity index (χ1n) is 13.1. The smallest absolute Gasteiger partial charge is 0.243 e. The van der Waals surface area contributed by atoms with E-state index in [1.165, 1.54) is 4.31 Å². The Kier molecular flexibility index (Phi) is 7.63. The molecule has 1 saturated heterocycles. The van der Waals surface area contributed by atoms with Crippen molar-refractivity contribution in [1.82, 2.24) is 13.9 Å². The van der Waals surface area contributed by atoms with E-state index in [9.17, 15) is 18.0 Å². The molecule has 0 radical (unpaired) electrons. The Hall–Kier alpha value is -3.82. The number of rotatable bonds is 9. The molecule has 202 valence electrons. The minimum atomic E-state index is -3.62. The molecule has 2 aromatic carbocycles. The third-order valence-corrected chi connectivity index (χ3v) is 8.93. The molecule has 2 aromatic heterocycles. The Balaban J connectivity index is 1.36. The molecule has 1 fully saturated rings. The van der Waals surface area contributed by atoms with Gasteiger partial charge in [-0.3, -0.25) is 4.79 Å². The number of piperidine rings is 1. The molecule has 5 rings (SSSR count). The van der Waals surface area contributed by atoms with Crippen LogP contribution in [0.4, 0.5) is 0 Å². The number of aldehydes is 1. The van der Waals surface area contributed by atoms with Crippen LogP contribution in [0.3, 0.4) is 0 Å². The number of hydrogen-bond acceptors (Lipinski definition) is 6. The monoisotopic (exact) mass is 545 g/mol. The largest absolute Gasteiger partial charge is 0.491 e. The van der Waals surface area contributed by atoms with E-state index in [0.717, 1.165) is 17.2 Å². The number of carbonyl (C=O) groups is 2. The van der Waals surface area contributed by atoms with Crippen molar-refractivity contribution in [3.8, 4) is 5.75 Å². The summed E-state index contributed by atoms with van der Waals surface area (Å²) in [7, 11) is -3.62. The molecule has 0 unspecified atom stereocenters. The molecule has 3 heterocycles. The van der Waals surface area contributed by atoms with Gasteiger partial charge in [0, 0.05) is 30.2 Å². The zero-order valence-corrected chi connectivity index (χ0v) is 22.8. The van der Waals surface area contributed by atoms with Gasteiger partial charge in [-0.05, 0) is 74.6 Å². The lowest BCUT2D eigenvalue weighted by molar-refractivity contribution is -0.108. The van der Waals surface area contributed by atoms with Gasteiger partial charge in [-0.2, -0.15) is 4.31 Å². The van der Waals surface area contributed by atoms with Gasteiger partial charge in [-0.15, -0.1) is 0 Å². The second-order valence-corrected chi connectivity index (χ2v) is 11.9. The lowest BCUT2D eigenvalue weighted by Crippen LogP contribution is -2.37. The van der Waals surface area contributed by atoms with E-state index in [4.69, 9.17) is 4.74 Å². The maximum Gasteiger partial charge on any atom is 0.243 e. The first kappa shape index (κ1) is 26.8. The first-order valence-corrected chi connectivity index (χ1v) is 14.5. The third kappa shape index (κ3) is 5.51. The molecule has 0 spiro atoms. The number of benzene rings is 2. The van der Waals surface area contributed by atoms with Crippen molar-refractivity contribution in [2.24, 2.45) is 0 Å². The Morgan fingerprint density at radius 1 is 1.03 bits per heavy atom. The fourth-order valence-electron chi connectivity index (χ4n) is 5.12. The minimum Gasteiger partial charge on any atom is -0.491 e. The van der Waals surface area contributed by atoms with Crippen molar-refractivity contribution in [1.29, 1.82) is 0 Å². The number of nitrogens with zero attached hydrogens (tertiary/aromatic N) is 3. The predicted octanol–water partition coefficient (Wildman–Crippen LogP) is 4.82. The van der Waals surface area contributed by atoms with Gasteiger partial charge in [0.2, 0.25) is 15.8 Å². The zero-order valence-electron chi connectivity index (χ0n) is 22.0. The van der Waals surface area contributed by atoms with Gasteiger partial charge >= 0.3 is 0 Å². The average Bonchev–Trinajstić information content (AvgIpc) is 3.31. The summed E-state index contributed by atoms with van der Waals surface area (Å²) in [4.78, 5) is 29.3. The summed E-state index contributed by atoms with van der Waals surface area (Å²) in [5, 5.41) is 0.878. The molecule has 0 atom stereocenters. The first-order chi connectivity index (χ1) is 18.8. The summed E-state index contributed by atoms with van der Waals surface area (Å²) < 4.78 is 35.5. The molecule has 0 amide bonds. The Morgan fingerprint density at radius 2 is 1.72 bits per heavy atom. The van der Waals surface area contributed by atoms with Crippen molar-refractivity contribution in [3.05, 3.63) is 89.7 Å². The number of aromatic nitrogens is 2. The SMILES string of the molecule is CC(C)Oc1ccc(S(=O)(=O)N2CCC(c3cn(CC=O)c4nc(C(=O)c5ccccc5)ccc34)CC2)cc1. The summed E-state index contributed by atoms with van der Waals surface area (Å²) in [6.45, 7) is 4.73. The summed E-state index contributed by atoms with van der Waals surface area (Å²) in [6.07, 6.45) is 4.02. The topological polar surface area (TPSA) is 98.6 Å². The average molecular weight is 546 g/mol. The van der Waals surface area contributed by atoms with Gasteiger partial charge in [0.1, 0.15) is 23.4 Å². The number of pyridine rings is 1. The quantitative estimate of drug-likeness (QED) is 0.221. The van der Waals surface area contributed by atoms with Crippen LogP contribution in [0.25, 0.3) is 11.0 Å². The summed E-state index contributed by atoms with van der Waals surface area (Å²) in [5.74, 6) is 0.558. The molecule has 0 saturated carbocycles. The second-order valence-electron chi connectivity index (χ2n) is 9.98. The highest BCUT2D eigenvalue weighted by atomic mass is 32.2. The van der Waals surface area contributed by atoms with Gasteiger partial charge in [-0.25, -0.2) is 13.4 Å². The number of hydrogen-bond donors (Lipinski definition) is 0. The van der Waals surface area contributed by atoms with Gasteiger partial charge in [0.25, 0.3) is 0 Å². The molecule has 39 heavy (non-hydrogen) atoms. The Morgan fingerprint density at radius 3 is 2.36 bits per heavy atom. The van der Waals surface area contributed by atoms with Crippen LogP contribution in [0, 0.1) is 0 Å². The fourth-order valence-corrected chi connectivity index (χ4v) is 6.59. The van der Waals surface area contributed by atoms with Crippen molar-refractivity contribution in [3.63, 3.8) is 0 Å². The molecule has 4 aromatic rings. The van der Waals surface area contributed by atoms with Crippen molar-refractivity contribution in [2.45, 2.75) is 50.2 Å². The van der Waals surface area contributed by atoms with E-state index in [2.05, 4.69) is 4.98 Å².